The highest BCUT2D eigenvalue weighted by Crippen LogP contribution is 2.30. The minimum absolute atomic E-state index is 0.0898. The molecule has 1 saturated heterocycles. The molecule has 0 N–H and O–H groups in total. The second kappa shape index (κ2) is 10.5. The summed E-state index contributed by atoms with van der Waals surface area (Å²) in [5.41, 5.74) is 3.55. The van der Waals surface area contributed by atoms with Crippen LogP contribution in [0.15, 0.2) is 103 Å². The van der Waals surface area contributed by atoms with Crippen LogP contribution in [0.1, 0.15) is 36.3 Å². The maximum atomic E-state index is 13.3. The Kier molecular flexibility index (Phi) is 6.85. The second-order valence-corrected chi connectivity index (χ2v) is 9.17. The number of carbonyl (C=O) groups is 1. The van der Waals surface area contributed by atoms with Crippen LogP contribution in [0.5, 0.6) is 0 Å². The van der Waals surface area contributed by atoms with Crippen LogP contribution in [0, 0.1) is 5.92 Å². The smallest absolute Gasteiger partial charge is 0.223 e. The van der Waals surface area contributed by atoms with Crippen molar-refractivity contribution < 1.29 is 4.79 Å². The first-order valence-corrected chi connectivity index (χ1v) is 12.2. The number of likely N-dealkylation sites (tertiary alicyclic amines) is 1. The number of hydrogen-bond acceptors (Lipinski definition) is 2. The molecule has 0 aliphatic carbocycles. The molecule has 1 amide bonds. The number of hydrogen-bond donors (Lipinski definition) is 0. The molecule has 2 heterocycles. The lowest BCUT2D eigenvalue weighted by Crippen LogP contribution is -2.40. The van der Waals surface area contributed by atoms with E-state index in [1.54, 1.807) is 0 Å². The Balaban J connectivity index is 1.21. The molecule has 0 spiro atoms. The normalized spacial score (nSPS) is 14.4. The van der Waals surface area contributed by atoms with Crippen molar-refractivity contribution in [2.45, 2.75) is 31.7 Å². The van der Waals surface area contributed by atoms with Gasteiger partial charge in [0.1, 0.15) is 5.82 Å². The molecule has 1 aliphatic heterocycles. The molecule has 0 bridgehead atoms. The minimum Gasteiger partial charge on any atom is -0.343 e. The van der Waals surface area contributed by atoms with Crippen LogP contribution in [0.3, 0.4) is 0 Å². The lowest BCUT2D eigenvalue weighted by molar-refractivity contribution is -0.132. The summed E-state index contributed by atoms with van der Waals surface area (Å²) in [6.45, 7) is 2.60. The van der Waals surface area contributed by atoms with Crippen molar-refractivity contribution in [1.82, 2.24) is 14.5 Å². The van der Waals surface area contributed by atoms with Gasteiger partial charge in [0.2, 0.25) is 5.91 Å². The molecule has 0 saturated carbocycles. The quantitative estimate of drug-likeness (QED) is 0.346. The first-order valence-electron chi connectivity index (χ1n) is 12.2. The highest BCUT2D eigenvalue weighted by molar-refractivity contribution is 5.78. The van der Waals surface area contributed by atoms with Gasteiger partial charge in [-0.2, -0.15) is 0 Å². The average molecular weight is 450 g/mol. The number of amides is 1. The summed E-state index contributed by atoms with van der Waals surface area (Å²) in [5.74, 6) is 1.92. The van der Waals surface area contributed by atoms with Gasteiger partial charge >= 0.3 is 0 Å². The Morgan fingerprint density at radius 2 is 1.38 bits per heavy atom. The molecule has 34 heavy (non-hydrogen) atoms. The Morgan fingerprint density at radius 1 is 0.824 bits per heavy atom. The highest BCUT2D eigenvalue weighted by atomic mass is 16.2. The van der Waals surface area contributed by atoms with Crippen molar-refractivity contribution in [3.63, 3.8) is 0 Å². The van der Waals surface area contributed by atoms with E-state index < -0.39 is 0 Å². The van der Waals surface area contributed by atoms with Crippen LogP contribution in [0.4, 0.5) is 0 Å². The molecule has 4 aromatic rings. The summed E-state index contributed by atoms with van der Waals surface area (Å²) < 4.78 is 2.26. The Labute approximate surface area is 201 Å². The van der Waals surface area contributed by atoms with Crippen LogP contribution in [0.25, 0.3) is 11.4 Å². The van der Waals surface area contributed by atoms with Gasteiger partial charge in [-0.1, -0.05) is 91.0 Å². The fourth-order valence-corrected chi connectivity index (χ4v) is 5.05. The van der Waals surface area contributed by atoms with Crippen molar-refractivity contribution in [1.29, 1.82) is 0 Å². The summed E-state index contributed by atoms with van der Waals surface area (Å²) in [6, 6.07) is 31.2. The van der Waals surface area contributed by atoms with Gasteiger partial charge in [-0.25, -0.2) is 4.98 Å². The predicted molar refractivity (Wildman–Crippen MR) is 136 cm³/mol. The van der Waals surface area contributed by atoms with Crippen LogP contribution >= 0.6 is 0 Å². The number of nitrogens with zero attached hydrogens (tertiary/aromatic N) is 3. The largest absolute Gasteiger partial charge is 0.343 e. The number of carbonyl (C=O) groups excluding carboxylic acids is 1. The van der Waals surface area contributed by atoms with E-state index in [0.29, 0.717) is 12.3 Å². The fraction of sp³-hybridized carbons (Fsp3) is 0.267. The van der Waals surface area contributed by atoms with E-state index in [1.165, 1.54) is 11.1 Å². The van der Waals surface area contributed by atoms with Gasteiger partial charge in [0.15, 0.2) is 0 Å². The van der Waals surface area contributed by atoms with E-state index >= 15 is 0 Å². The van der Waals surface area contributed by atoms with Gasteiger partial charge in [0.25, 0.3) is 0 Å². The number of benzene rings is 3. The lowest BCUT2D eigenvalue weighted by atomic mass is 9.87. The number of piperidine rings is 1. The Morgan fingerprint density at radius 3 is 1.97 bits per heavy atom. The molecular weight excluding hydrogens is 418 g/mol. The summed E-state index contributed by atoms with van der Waals surface area (Å²) >= 11 is 0. The van der Waals surface area contributed by atoms with Crippen molar-refractivity contribution in [2.75, 3.05) is 13.1 Å². The Hall–Kier alpha value is -3.66. The molecule has 5 rings (SSSR count). The standard InChI is InChI=1S/C30H31N3O/c34-29(22-28(25-10-4-1-5-11-25)26-12-6-2-7-13-26)32-19-16-24(17-20-32)23-33-21-18-31-30(33)27-14-8-3-9-15-27/h1-15,18,21,24,28H,16-17,19-20,22-23H2. The molecule has 3 aromatic carbocycles. The minimum atomic E-state index is 0.0898. The number of rotatable bonds is 7. The van der Waals surface area contributed by atoms with E-state index in [1.807, 2.05) is 24.4 Å². The van der Waals surface area contributed by atoms with E-state index in [-0.39, 0.29) is 11.8 Å². The van der Waals surface area contributed by atoms with Crippen LogP contribution in [0.2, 0.25) is 0 Å². The molecule has 0 atom stereocenters. The summed E-state index contributed by atoms with van der Waals surface area (Å²) in [7, 11) is 0. The van der Waals surface area contributed by atoms with Gasteiger partial charge < -0.3 is 9.47 Å². The SMILES string of the molecule is O=C(CC(c1ccccc1)c1ccccc1)N1CCC(Cn2ccnc2-c2ccccc2)CC1. The molecule has 4 heteroatoms. The number of imidazole rings is 1. The molecule has 0 unspecified atom stereocenters. The summed E-state index contributed by atoms with van der Waals surface area (Å²) in [6.07, 6.45) is 6.52. The third kappa shape index (κ3) is 5.12. The fourth-order valence-electron chi connectivity index (χ4n) is 5.05. The van der Waals surface area contributed by atoms with Crippen LogP contribution in [-0.4, -0.2) is 33.4 Å². The number of aromatic nitrogens is 2. The molecule has 1 aromatic heterocycles. The van der Waals surface area contributed by atoms with Crippen LogP contribution in [-0.2, 0) is 11.3 Å². The van der Waals surface area contributed by atoms with Crippen molar-refractivity contribution in [3.05, 3.63) is 115 Å². The molecule has 172 valence electrons. The van der Waals surface area contributed by atoms with Crippen molar-refractivity contribution in [3.8, 4) is 11.4 Å². The maximum Gasteiger partial charge on any atom is 0.223 e. The third-order valence-corrected chi connectivity index (χ3v) is 6.95. The van der Waals surface area contributed by atoms with Gasteiger partial charge in [0.05, 0.1) is 0 Å². The second-order valence-electron chi connectivity index (χ2n) is 9.17. The van der Waals surface area contributed by atoms with E-state index in [2.05, 4.69) is 93.4 Å². The van der Waals surface area contributed by atoms with E-state index in [0.717, 1.165) is 43.9 Å². The highest BCUT2D eigenvalue weighted by Gasteiger charge is 2.26. The third-order valence-electron chi connectivity index (χ3n) is 6.95. The zero-order valence-electron chi connectivity index (χ0n) is 19.5. The van der Waals surface area contributed by atoms with Crippen LogP contribution < -0.4 is 0 Å². The molecule has 1 fully saturated rings. The summed E-state index contributed by atoms with van der Waals surface area (Å²) in [5, 5.41) is 0. The monoisotopic (exact) mass is 449 g/mol. The maximum absolute atomic E-state index is 13.3. The molecule has 0 radical (unpaired) electrons. The zero-order valence-corrected chi connectivity index (χ0v) is 19.5. The first-order chi connectivity index (χ1) is 16.8. The summed E-state index contributed by atoms with van der Waals surface area (Å²) in [4.78, 5) is 20.0. The topological polar surface area (TPSA) is 38.1 Å². The van der Waals surface area contributed by atoms with E-state index in [9.17, 15) is 4.79 Å². The zero-order chi connectivity index (χ0) is 23.2. The van der Waals surface area contributed by atoms with Gasteiger partial charge in [-0.3, -0.25) is 4.79 Å². The van der Waals surface area contributed by atoms with E-state index in [4.69, 9.17) is 0 Å². The van der Waals surface area contributed by atoms with Gasteiger partial charge in [0, 0.05) is 49.9 Å². The first kappa shape index (κ1) is 22.1. The molecule has 1 aliphatic rings. The van der Waals surface area contributed by atoms with Crippen molar-refractivity contribution in [2.24, 2.45) is 5.92 Å². The predicted octanol–water partition coefficient (Wildman–Crippen LogP) is 6.01. The molecule has 4 nitrogen and oxygen atoms in total. The van der Waals surface area contributed by atoms with Crippen molar-refractivity contribution >= 4 is 5.91 Å². The molecular formula is C30H31N3O. The Bertz CT molecular complexity index is 1140. The lowest BCUT2D eigenvalue weighted by Gasteiger charge is -2.33. The average Bonchev–Trinajstić information content (AvgIpc) is 3.37. The van der Waals surface area contributed by atoms with Gasteiger partial charge in [-0.15, -0.1) is 0 Å². The van der Waals surface area contributed by atoms with Gasteiger partial charge in [-0.05, 0) is 29.9 Å².